The van der Waals surface area contributed by atoms with Crippen molar-refractivity contribution in [1.29, 1.82) is 0 Å². The SMILES string of the molecule is CCOC(=O)C1=C(C)N=c2s/c(=C/c3ccc(OC)cc3)c(=O)n2[C@@H]1c1ccc(O)cc1. The zero-order chi connectivity index (χ0) is 22.8. The van der Waals surface area contributed by atoms with Crippen molar-refractivity contribution in [3.05, 3.63) is 90.6 Å². The van der Waals surface area contributed by atoms with Crippen LogP contribution in [0.4, 0.5) is 0 Å². The molecule has 0 aliphatic carbocycles. The number of aromatic hydroxyl groups is 1. The molecule has 1 aliphatic heterocycles. The largest absolute Gasteiger partial charge is 0.508 e. The summed E-state index contributed by atoms with van der Waals surface area (Å²) in [6.45, 7) is 3.67. The van der Waals surface area contributed by atoms with E-state index in [4.69, 9.17) is 9.47 Å². The van der Waals surface area contributed by atoms with Crippen molar-refractivity contribution < 1.29 is 19.4 Å². The summed E-state index contributed by atoms with van der Waals surface area (Å²) in [6.07, 6.45) is 1.79. The second kappa shape index (κ2) is 8.84. The molecular formula is C24H22N2O5S. The summed E-state index contributed by atoms with van der Waals surface area (Å²) in [5.74, 6) is 0.306. The predicted octanol–water partition coefficient (Wildman–Crippen LogP) is 2.51. The zero-order valence-electron chi connectivity index (χ0n) is 17.9. The van der Waals surface area contributed by atoms with Crippen LogP contribution in [0.25, 0.3) is 6.08 Å². The Morgan fingerprint density at radius 2 is 1.88 bits per heavy atom. The van der Waals surface area contributed by atoms with Gasteiger partial charge >= 0.3 is 5.97 Å². The van der Waals surface area contributed by atoms with Crippen LogP contribution in [-0.4, -0.2) is 29.4 Å². The molecule has 0 unspecified atom stereocenters. The maximum Gasteiger partial charge on any atom is 0.338 e. The Balaban J connectivity index is 1.92. The van der Waals surface area contributed by atoms with Gasteiger partial charge in [-0.05, 0) is 55.3 Å². The van der Waals surface area contributed by atoms with Crippen molar-refractivity contribution in [3.8, 4) is 11.5 Å². The Kier molecular flexibility index (Phi) is 5.96. The smallest absolute Gasteiger partial charge is 0.338 e. The van der Waals surface area contributed by atoms with Crippen LogP contribution in [0, 0.1) is 0 Å². The van der Waals surface area contributed by atoms with Gasteiger partial charge in [-0.3, -0.25) is 9.36 Å². The van der Waals surface area contributed by atoms with E-state index in [1.54, 1.807) is 39.2 Å². The molecule has 1 aromatic heterocycles. The zero-order valence-corrected chi connectivity index (χ0v) is 18.7. The molecule has 1 N–H and O–H groups in total. The number of hydrogen-bond acceptors (Lipinski definition) is 7. The topological polar surface area (TPSA) is 90.1 Å². The molecule has 2 heterocycles. The van der Waals surface area contributed by atoms with Crippen LogP contribution in [0.5, 0.6) is 11.5 Å². The van der Waals surface area contributed by atoms with Gasteiger partial charge in [-0.25, -0.2) is 9.79 Å². The molecule has 0 spiro atoms. The van der Waals surface area contributed by atoms with Crippen LogP contribution >= 0.6 is 11.3 Å². The van der Waals surface area contributed by atoms with Gasteiger partial charge in [0.1, 0.15) is 11.5 Å². The summed E-state index contributed by atoms with van der Waals surface area (Å²) in [4.78, 5) is 31.3. The normalized spacial score (nSPS) is 15.8. The van der Waals surface area contributed by atoms with Gasteiger partial charge in [-0.1, -0.05) is 35.6 Å². The molecule has 32 heavy (non-hydrogen) atoms. The number of fused-ring (bicyclic) bond motifs is 1. The molecule has 7 nitrogen and oxygen atoms in total. The van der Waals surface area contributed by atoms with Crippen LogP contribution in [0.2, 0.25) is 0 Å². The molecule has 2 aromatic carbocycles. The molecule has 0 amide bonds. The number of phenols is 1. The minimum Gasteiger partial charge on any atom is -0.508 e. The standard InChI is InChI=1S/C24H22N2O5S/c1-4-31-23(29)20-14(2)25-24-26(21(20)16-7-9-17(27)10-8-16)22(28)19(32-24)13-15-5-11-18(30-3)12-6-15/h5-13,21,27H,4H2,1-3H3/b19-13+/t21-/m1/s1. The van der Waals surface area contributed by atoms with E-state index in [2.05, 4.69) is 4.99 Å². The second-order valence-electron chi connectivity index (χ2n) is 7.17. The molecule has 0 saturated carbocycles. The fourth-order valence-electron chi connectivity index (χ4n) is 3.62. The lowest BCUT2D eigenvalue weighted by atomic mass is 9.96. The van der Waals surface area contributed by atoms with Crippen LogP contribution in [0.1, 0.15) is 31.0 Å². The lowest BCUT2D eigenvalue weighted by Gasteiger charge is -2.24. The fraction of sp³-hybridized carbons (Fsp3) is 0.208. The van der Waals surface area contributed by atoms with Gasteiger partial charge in [0.15, 0.2) is 4.80 Å². The summed E-state index contributed by atoms with van der Waals surface area (Å²) in [6, 6.07) is 13.1. The number of esters is 1. The Morgan fingerprint density at radius 3 is 2.50 bits per heavy atom. The summed E-state index contributed by atoms with van der Waals surface area (Å²) in [7, 11) is 1.60. The highest BCUT2D eigenvalue weighted by atomic mass is 32.1. The first-order chi connectivity index (χ1) is 15.4. The van der Waals surface area contributed by atoms with Crippen LogP contribution in [0.15, 0.2) is 69.6 Å². The van der Waals surface area contributed by atoms with E-state index < -0.39 is 12.0 Å². The Labute approximate surface area is 188 Å². The number of thiazole rings is 1. The van der Waals surface area contributed by atoms with E-state index in [0.29, 0.717) is 26.2 Å². The maximum absolute atomic E-state index is 13.5. The Bertz CT molecular complexity index is 1370. The highest BCUT2D eigenvalue weighted by Gasteiger charge is 2.33. The number of hydrogen-bond donors (Lipinski definition) is 1. The number of aromatic nitrogens is 1. The van der Waals surface area contributed by atoms with Crippen molar-refractivity contribution >= 4 is 23.4 Å². The van der Waals surface area contributed by atoms with Crippen molar-refractivity contribution in [1.82, 2.24) is 4.57 Å². The van der Waals surface area contributed by atoms with E-state index in [1.165, 1.54) is 28.0 Å². The Hall–Kier alpha value is -3.65. The van der Waals surface area contributed by atoms with Crippen molar-refractivity contribution in [2.45, 2.75) is 19.9 Å². The third-order valence-corrected chi connectivity index (χ3v) is 6.12. The minimum absolute atomic E-state index is 0.0963. The van der Waals surface area contributed by atoms with Gasteiger partial charge in [0, 0.05) is 0 Å². The average Bonchev–Trinajstić information content (AvgIpc) is 3.08. The summed E-state index contributed by atoms with van der Waals surface area (Å²) in [5, 5.41) is 9.72. The molecule has 4 rings (SSSR count). The predicted molar refractivity (Wildman–Crippen MR) is 121 cm³/mol. The third kappa shape index (κ3) is 3.97. The van der Waals surface area contributed by atoms with Gasteiger partial charge in [-0.2, -0.15) is 0 Å². The number of ether oxygens (including phenoxy) is 2. The summed E-state index contributed by atoms with van der Waals surface area (Å²) < 4.78 is 12.5. The molecule has 1 atom stereocenters. The van der Waals surface area contributed by atoms with E-state index in [-0.39, 0.29) is 17.9 Å². The molecule has 0 saturated heterocycles. The number of methoxy groups -OCH3 is 1. The first kappa shape index (κ1) is 21.6. The van der Waals surface area contributed by atoms with Crippen LogP contribution < -0.4 is 19.6 Å². The van der Waals surface area contributed by atoms with Gasteiger partial charge in [0.25, 0.3) is 5.56 Å². The lowest BCUT2D eigenvalue weighted by molar-refractivity contribution is -0.139. The first-order valence-electron chi connectivity index (χ1n) is 10.1. The van der Waals surface area contributed by atoms with Gasteiger partial charge in [-0.15, -0.1) is 0 Å². The van der Waals surface area contributed by atoms with Crippen LogP contribution in [0.3, 0.4) is 0 Å². The van der Waals surface area contributed by atoms with E-state index in [0.717, 1.165) is 11.3 Å². The summed E-state index contributed by atoms with van der Waals surface area (Å²) in [5.41, 5.74) is 2.08. The van der Waals surface area contributed by atoms with Gasteiger partial charge in [0.05, 0.1) is 35.6 Å². The molecule has 1 aliphatic rings. The molecule has 0 bridgehead atoms. The third-order valence-electron chi connectivity index (χ3n) is 5.14. The number of benzene rings is 2. The highest BCUT2D eigenvalue weighted by Crippen LogP contribution is 2.31. The number of allylic oxidation sites excluding steroid dienone is 1. The quantitative estimate of drug-likeness (QED) is 0.604. The number of carbonyl (C=O) groups excluding carboxylic acids is 1. The Morgan fingerprint density at radius 1 is 1.19 bits per heavy atom. The maximum atomic E-state index is 13.5. The van der Waals surface area contributed by atoms with Gasteiger partial charge < -0.3 is 14.6 Å². The molecule has 164 valence electrons. The number of phenolic OH excluding ortho intramolecular Hbond substituents is 1. The molecule has 8 heteroatoms. The second-order valence-corrected chi connectivity index (χ2v) is 8.18. The monoisotopic (exact) mass is 450 g/mol. The molecule has 0 fully saturated rings. The minimum atomic E-state index is -0.705. The number of nitrogens with zero attached hydrogens (tertiary/aromatic N) is 2. The molecule has 0 radical (unpaired) electrons. The molecular weight excluding hydrogens is 428 g/mol. The molecule has 3 aromatic rings. The number of carbonyl (C=O) groups is 1. The average molecular weight is 451 g/mol. The van der Waals surface area contributed by atoms with Gasteiger partial charge in [0.2, 0.25) is 0 Å². The van der Waals surface area contributed by atoms with E-state index >= 15 is 0 Å². The van der Waals surface area contributed by atoms with E-state index in [9.17, 15) is 14.7 Å². The van der Waals surface area contributed by atoms with Crippen molar-refractivity contribution in [2.75, 3.05) is 13.7 Å². The van der Waals surface area contributed by atoms with E-state index in [1.807, 2.05) is 24.3 Å². The highest BCUT2D eigenvalue weighted by molar-refractivity contribution is 7.07. The van der Waals surface area contributed by atoms with Crippen molar-refractivity contribution in [3.63, 3.8) is 0 Å². The fourth-order valence-corrected chi connectivity index (χ4v) is 4.66. The summed E-state index contributed by atoms with van der Waals surface area (Å²) >= 11 is 1.26. The van der Waals surface area contributed by atoms with Crippen molar-refractivity contribution in [2.24, 2.45) is 4.99 Å². The van der Waals surface area contributed by atoms with Crippen LogP contribution in [-0.2, 0) is 9.53 Å². The lowest BCUT2D eigenvalue weighted by Crippen LogP contribution is -2.39. The number of rotatable bonds is 5. The first-order valence-corrected chi connectivity index (χ1v) is 10.9.